The summed E-state index contributed by atoms with van der Waals surface area (Å²) in [6.45, 7) is 3.93. The molecule has 0 bridgehead atoms. The van der Waals surface area contributed by atoms with Crippen LogP contribution in [-0.2, 0) is 17.6 Å². The normalized spacial score (nSPS) is 14.5. The average Bonchev–Trinajstić information content (AvgIpc) is 3.18. The van der Waals surface area contributed by atoms with Crippen LogP contribution in [0.4, 0.5) is 5.69 Å². The van der Waals surface area contributed by atoms with E-state index in [0.717, 1.165) is 33.9 Å². The number of nitrogens with one attached hydrogen (secondary N) is 1. The summed E-state index contributed by atoms with van der Waals surface area (Å²) < 4.78 is 0. The molecule has 1 aliphatic carbocycles. The maximum absolute atomic E-state index is 12.6. The monoisotopic (exact) mass is 369 g/mol. The van der Waals surface area contributed by atoms with E-state index in [-0.39, 0.29) is 11.2 Å². The van der Waals surface area contributed by atoms with Crippen molar-refractivity contribution in [2.75, 3.05) is 5.32 Å². The molecule has 2 heterocycles. The number of thiophene rings is 1. The molecule has 1 aliphatic rings. The third-order valence-corrected chi connectivity index (χ3v) is 6.83. The van der Waals surface area contributed by atoms with Gasteiger partial charge < -0.3 is 5.32 Å². The van der Waals surface area contributed by atoms with Crippen LogP contribution in [0.5, 0.6) is 0 Å². The Hall–Kier alpha value is -1.92. The molecule has 2 aromatic heterocycles. The number of nitrogens with zero attached hydrogens (tertiary/aromatic N) is 2. The van der Waals surface area contributed by atoms with Crippen LogP contribution in [0.1, 0.15) is 29.3 Å². The maximum atomic E-state index is 12.6. The fourth-order valence-corrected chi connectivity index (χ4v) is 5.40. The molecule has 1 N–H and O–H groups in total. The van der Waals surface area contributed by atoms with Gasteiger partial charge in [0.15, 0.2) is 0 Å². The van der Waals surface area contributed by atoms with Gasteiger partial charge in [-0.2, -0.15) is 0 Å². The van der Waals surface area contributed by atoms with Crippen LogP contribution in [0, 0.1) is 6.92 Å². The van der Waals surface area contributed by atoms with Gasteiger partial charge in [0.1, 0.15) is 16.2 Å². The summed E-state index contributed by atoms with van der Waals surface area (Å²) in [6, 6.07) is 7.83. The number of amides is 1. The Morgan fingerprint density at radius 2 is 2.12 bits per heavy atom. The Morgan fingerprint density at radius 1 is 1.28 bits per heavy atom. The number of aryl methyl sites for hydroxylation is 3. The fraction of sp³-hybridized carbons (Fsp3) is 0.316. The van der Waals surface area contributed by atoms with Crippen LogP contribution < -0.4 is 5.32 Å². The molecule has 0 aliphatic heterocycles. The predicted molar refractivity (Wildman–Crippen MR) is 105 cm³/mol. The quantitative estimate of drug-likeness (QED) is 0.539. The van der Waals surface area contributed by atoms with Crippen LogP contribution >= 0.6 is 23.1 Å². The zero-order valence-corrected chi connectivity index (χ0v) is 15.8. The summed E-state index contributed by atoms with van der Waals surface area (Å²) in [5.41, 5.74) is 3.33. The fourth-order valence-electron chi connectivity index (χ4n) is 3.16. The van der Waals surface area contributed by atoms with E-state index in [9.17, 15) is 4.79 Å². The minimum atomic E-state index is -0.227. The first kappa shape index (κ1) is 16.5. The molecule has 4 rings (SSSR count). The number of hydrogen-bond acceptors (Lipinski definition) is 5. The highest BCUT2D eigenvalue weighted by molar-refractivity contribution is 8.00. The Kier molecular flexibility index (Phi) is 4.48. The van der Waals surface area contributed by atoms with Gasteiger partial charge in [-0.15, -0.1) is 11.3 Å². The number of rotatable bonds is 4. The molecule has 1 unspecified atom stereocenters. The highest BCUT2D eigenvalue weighted by Crippen LogP contribution is 2.40. The lowest BCUT2D eigenvalue weighted by molar-refractivity contribution is -0.115. The second-order valence-electron chi connectivity index (χ2n) is 6.28. The Bertz CT molecular complexity index is 951. The summed E-state index contributed by atoms with van der Waals surface area (Å²) in [4.78, 5) is 24.0. The number of anilines is 1. The van der Waals surface area contributed by atoms with Crippen molar-refractivity contribution in [3.63, 3.8) is 0 Å². The summed E-state index contributed by atoms with van der Waals surface area (Å²) in [6.07, 6.45) is 5.06. The van der Waals surface area contributed by atoms with Crippen molar-refractivity contribution in [1.82, 2.24) is 9.97 Å². The minimum Gasteiger partial charge on any atom is -0.325 e. The van der Waals surface area contributed by atoms with Crippen molar-refractivity contribution in [2.24, 2.45) is 0 Å². The molecule has 0 fully saturated rings. The van der Waals surface area contributed by atoms with Crippen molar-refractivity contribution in [3.05, 3.63) is 46.6 Å². The van der Waals surface area contributed by atoms with Gasteiger partial charge in [0.25, 0.3) is 0 Å². The van der Waals surface area contributed by atoms with E-state index in [1.165, 1.54) is 34.0 Å². The molecular weight excluding hydrogens is 350 g/mol. The largest absolute Gasteiger partial charge is 0.325 e. The average molecular weight is 370 g/mol. The van der Waals surface area contributed by atoms with Crippen molar-refractivity contribution in [1.29, 1.82) is 0 Å². The van der Waals surface area contributed by atoms with E-state index in [2.05, 4.69) is 15.3 Å². The molecule has 0 saturated heterocycles. The smallest absolute Gasteiger partial charge is 0.237 e. The summed E-state index contributed by atoms with van der Waals surface area (Å²) in [5, 5.41) is 4.89. The van der Waals surface area contributed by atoms with Gasteiger partial charge in [0.2, 0.25) is 5.91 Å². The van der Waals surface area contributed by atoms with E-state index >= 15 is 0 Å². The molecule has 0 saturated carbocycles. The van der Waals surface area contributed by atoms with E-state index in [0.29, 0.717) is 0 Å². The lowest BCUT2D eigenvalue weighted by Crippen LogP contribution is -2.23. The number of benzene rings is 1. The molecule has 0 radical (unpaired) electrons. The number of aromatic nitrogens is 2. The van der Waals surface area contributed by atoms with Crippen molar-refractivity contribution in [3.8, 4) is 0 Å². The number of thioether (sulfide) groups is 1. The molecule has 128 valence electrons. The molecule has 25 heavy (non-hydrogen) atoms. The molecule has 6 heteroatoms. The minimum absolute atomic E-state index is 0.00191. The van der Waals surface area contributed by atoms with Crippen molar-refractivity contribution in [2.45, 2.75) is 43.4 Å². The molecule has 1 atom stereocenters. The molecule has 1 aromatic carbocycles. The number of hydrogen-bond donors (Lipinski definition) is 1. The lowest BCUT2D eigenvalue weighted by atomic mass is 10.2. The molecule has 0 spiro atoms. The van der Waals surface area contributed by atoms with Crippen molar-refractivity contribution >= 4 is 44.9 Å². The Morgan fingerprint density at radius 3 is 2.96 bits per heavy atom. The number of carbonyl (C=O) groups is 1. The third-order valence-electron chi connectivity index (χ3n) is 4.53. The van der Waals surface area contributed by atoms with Crippen LogP contribution in [0.25, 0.3) is 10.2 Å². The van der Waals surface area contributed by atoms with Gasteiger partial charge in [0, 0.05) is 16.0 Å². The molecular formula is C19H19N3OS2. The number of carbonyl (C=O) groups excluding carboxylic acids is 1. The molecule has 1 amide bonds. The van der Waals surface area contributed by atoms with Gasteiger partial charge in [-0.05, 0) is 50.3 Å². The van der Waals surface area contributed by atoms with Gasteiger partial charge in [-0.25, -0.2) is 9.97 Å². The first-order valence-electron chi connectivity index (χ1n) is 8.42. The first-order chi connectivity index (χ1) is 12.1. The van der Waals surface area contributed by atoms with E-state index < -0.39 is 0 Å². The zero-order valence-electron chi connectivity index (χ0n) is 14.2. The van der Waals surface area contributed by atoms with Gasteiger partial charge in [-0.3, -0.25) is 4.79 Å². The number of fused-ring (bicyclic) bond motifs is 3. The predicted octanol–water partition coefficient (Wildman–Crippen LogP) is 4.61. The standard InChI is InChI=1S/C19H19N3OS2/c1-11-6-3-4-8-14(11)22-17(23)12(2)24-18-16-13-7-5-9-15(13)25-19(16)21-10-20-18/h3-4,6,8,10,12H,5,7,9H2,1-2H3,(H,22,23). The number of para-hydroxylation sites is 1. The summed E-state index contributed by atoms with van der Waals surface area (Å²) in [5.74, 6) is -0.00191. The first-order valence-corrected chi connectivity index (χ1v) is 10.1. The van der Waals surface area contributed by atoms with Gasteiger partial charge >= 0.3 is 0 Å². The second-order valence-corrected chi connectivity index (χ2v) is 8.69. The van der Waals surface area contributed by atoms with Crippen LogP contribution in [0.15, 0.2) is 35.6 Å². The van der Waals surface area contributed by atoms with Crippen LogP contribution in [-0.4, -0.2) is 21.1 Å². The van der Waals surface area contributed by atoms with E-state index in [4.69, 9.17) is 0 Å². The molecule has 4 nitrogen and oxygen atoms in total. The Labute approximate surface area is 155 Å². The van der Waals surface area contributed by atoms with Crippen LogP contribution in [0.2, 0.25) is 0 Å². The third kappa shape index (κ3) is 3.16. The molecule has 3 aromatic rings. The van der Waals surface area contributed by atoms with E-state index in [1.807, 2.05) is 38.1 Å². The zero-order chi connectivity index (χ0) is 17.4. The van der Waals surface area contributed by atoms with Crippen molar-refractivity contribution < 1.29 is 4.79 Å². The highest BCUT2D eigenvalue weighted by atomic mass is 32.2. The van der Waals surface area contributed by atoms with Crippen LogP contribution in [0.3, 0.4) is 0 Å². The summed E-state index contributed by atoms with van der Waals surface area (Å²) >= 11 is 3.30. The maximum Gasteiger partial charge on any atom is 0.237 e. The van der Waals surface area contributed by atoms with E-state index in [1.54, 1.807) is 17.7 Å². The van der Waals surface area contributed by atoms with Gasteiger partial charge in [-0.1, -0.05) is 30.0 Å². The second kappa shape index (κ2) is 6.77. The Balaban J connectivity index is 1.57. The topological polar surface area (TPSA) is 54.9 Å². The summed E-state index contributed by atoms with van der Waals surface area (Å²) in [7, 11) is 0. The SMILES string of the molecule is Cc1ccccc1NC(=O)C(C)Sc1ncnc2sc3c(c12)CCC3. The highest BCUT2D eigenvalue weighted by Gasteiger charge is 2.24. The lowest BCUT2D eigenvalue weighted by Gasteiger charge is -2.13. The van der Waals surface area contributed by atoms with Gasteiger partial charge in [0.05, 0.1) is 5.25 Å².